The lowest BCUT2D eigenvalue weighted by atomic mass is 10.2. The minimum Gasteiger partial charge on any atom is -0.480 e. The van der Waals surface area contributed by atoms with Crippen molar-refractivity contribution in [3.8, 4) is 0 Å². The van der Waals surface area contributed by atoms with Crippen molar-refractivity contribution in [1.29, 1.82) is 0 Å². The molecule has 2 rings (SSSR count). The highest BCUT2D eigenvalue weighted by molar-refractivity contribution is 7.92. The lowest BCUT2D eigenvalue weighted by molar-refractivity contribution is -0.141. The third kappa shape index (κ3) is 2.46. The van der Waals surface area contributed by atoms with Gasteiger partial charge in [-0.15, -0.1) is 0 Å². The predicted molar refractivity (Wildman–Crippen MR) is 68.2 cm³/mol. The minimum absolute atomic E-state index is 0.0707. The molecular weight excluding hydrogens is 286 g/mol. The van der Waals surface area contributed by atoms with Crippen LogP contribution < -0.4 is 0 Å². The molecule has 0 aliphatic carbocycles. The number of rotatable bonds is 3. The van der Waals surface area contributed by atoms with Crippen LogP contribution in [-0.2, 0) is 14.6 Å². The van der Waals surface area contributed by atoms with Gasteiger partial charge in [-0.1, -0.05) is 18.2 Å². The molecule has 1 fully saturated rings. The normalized spacial score (nSPS) is 22.7. The van der Waals surface area contributed by atoms with Crippen molar-refractivity contribution in [3.63, 3.8) is 0 Å². The first-order valence-corrected chi connectivity index (χ1v) is 7.40. The van der Waals surface area contributed by atoms with Crippen LogP contribution in [0.25, 0.3) is 0 Å². The van der Waals surface area contributed by atoms with Crippen LogP contribution in [0, 0.1) is 0 Å². The lowest BCUT2D eigenvalue weighted by Crippen LogP contribution is -2.39. The van der Waals surface area contributed by atoms with Crippen molar-refractivity contribution in [3.05, 3.63) is 30.3 Å². The number of benzene rings is 1. The molecule has 0 bridgehead atoms. The number of likely N-dealkylation sites (tertiary alicyclic amines) is 1. The average molecular weight is 299 g/mol. The summed E-state index contributed by atoms with van der Waals surface area (Å²) in [4.78, 5) is 22.7. The molecule has 1 saturated heterocycles. The Morgan fingerprint density at radius 2 is 1.75 bits per heavy atom. The van der Waals surface area contributed by atoms with E-state index in [1.165, 1.54) is 12.1 Å². The third-order valence-corrected chi connectivity index (χ3v) is 5.45. The highest BCUT2D eigenvalue weighted by atomic mass is 32.2. The van der Waals surface area contributed by atoms with Crippen molar-refractivity contribution in [2.45, 2.75) is 22.6 Å². The van der Waals surface area contributed by atoms with Crippen molar-refractivity contribution in [2.24, 2.45) is 0 Å². The fourth-order valence-corrected chi connectivity index (χ4v) is 3.98. The maximum atomic E-state index is 12.4. The van der Waals surface area contributed by atoms with E-state index in [-0.39, 0.29) is 17.9 Å². The number of sulfone groups is 1. The molecule has 7 nitrogen and oxygen atoms in total. The fraction of sp³-hybridized carbons (Fsp3) is 0.333. The van der Waals surface area contributed by atoms with Crippen LogP contribution >= 0.6 is 0 Å². The standard InChI is InChI=1S/C12H13NO6S/c14-11(15)10-6-9(7-13(10)12(16)17)20(18,19)8-4-2-1-3-5-8/h1-5,9-10H,6-7H2,(H,14,15)(H,16,17)/t9-,10+/m1/s1. The molecule has 0 radical (unpaired) electrons. The summed E-state index contributed by atoms with van der Waals surface area (Å²) >= 11 is 0. The summed E-state index contributed by atoms with van der Waals surface area (Å²) in [6, 6.07) is 6.29. The number of carboxylic acid groups (broad SMARTS) is 2. The zero-order valence-corrected chi connectivity index (χ0v) is 11.2. The Balaban J connectivity index is 2.32. The van der Waals surface area contributed by atoms with Gasteiger partial charge in [-0.25, -0.2) is 18.0 Å². The van der Waals surface area contributed by atoms with Crippen LogP contribution in [-0.4, -0.2) is 53.4 Å². The van der Waals surface area contributed by atoms with Crippen molar-refractivity contribution in [2.75, 3.05) is 6.54 Å². The molecule has 20 heavy (non-hydrogen) atoms. The SMILES string of the molecule is O=C(O)[C@@H]1C[C@@H](S(=O)(=O)c2ccccc2)CN1C(=O)O. The smallest absolute Gasteiger partial charge is 0.408 e. The topological polar surface area (TPSA) is 112 Å². The zero-order valence-electron chi connectivity index (χ0n) is 10.3. The molecule has 2 atom stereocenters. The second-order valence-electron chi connectivity index (χ2n) is 4.50. The Hall–Kier alpha value is -2.09. The fourth-order valence-electron chi connectivity index (χ4n) is 2.27. The van der Waals surface area contributed by atoms with Crippen LogP contribution in [0.3, 0.4) is 0 Å². The first-order valence-electron chi connectivity index (χ1n) is 5.85. The number of amides is 1. The molecule has 108 valence electrons. The van der Waals surface area contributed by atoms with Gasteiger partial charge in [-0.05, 0) is 18.6 Å². The molecule has 0 unspecified atom stereocenters. The first-order chi connectivity index (χ1) is 9.34. The molecule has 1 aromatic rings. The molecule has 1 aromatic carbocycles. The molecule has 1 aliphatic rings. The second-order valence-corrected chi connectivity index (χ2v) is 6.73. The van der Waals surface area contributed by atoms with E-state index in [1.807, 2.05) is 0 Å². The van der Waals surface area contributed by atoms with Gasteiger partial charge < -0.3 is 10.2 Å². The average Bonchev–Trinajstić information content (AvgIpc) is 2.85. The molecule has 0 spiro atoms. The number of hydrogen-bond acceptors (Lipinski definition) is 4. The van der Waals surface area contributed by atoms with E-state index >= 15 is 0 Å². The highest BCUT2D eigenvalue weighted by Crippen LogP contribution is 2.28. The van der Waals surface area contributed by atoms with Gasteiger partial charge in [0.1, 0.15) is 6.04 Å². The lowest BCUT2D eigenvalue weighted by Gasteiger charge is -2.16. The Kier molecular flexibility index (Phi) is 3.67. The van der Waals surface area contributed by atoms with Crippen molar-refractivity contribution >= 4 is 21.9 Å². The quantitative estimate of drug-likeness (QED) is 0.848. The molecule has 0 saturated carbocycles. The summed E-state index contributed by atoms with van der Waals surface area (Å²) in [7, 11) is -3.74. The van der Waals surface area contributed by atoms with Crippen LogP contribution in [0.2, 0.25) is 0 Å². The van der Waals surface area contributed by atoms with Crippen LogP contribution in [0.4, 0.5) is 4.79 Å². The van der Waals surface area contributed by atoms with E-state index in [0.29, 0.717) is 4.90 Å². The van der Waals surface area contributed by atoms with Gasteiger partial charge in [0, 0.05) is 6.54 Å². The Morgan fingerprint density at radius 1 is 1.15 bits per heavy atom. The summed E-state index contributed by atoms with van der Waals surface area (Å²) in [6.07, 6.45) is -1.66. The van der Waals surface area contributed by atoms with E-state index in [9.17, 15) is 18.0 Å². The minimum atomic E-state index is -3.74. The summed E-state index contributed by atoms with van der Waals surface area (Å²) in [6.45, 7) is -0.330. The van der Waals surface area contributed by atoms with E-state index in [0.717, 1.165) is 0 Å². The van der Waals surface area contributed by atoms with Crippen LogP contribution in [0.15, 0.2) is 35.2 Å². The Morgan fingerprint density at radius 3 is 2.20 bits per heavy atom. The number of nitrogens with zero attached hydrogens (tertiary/aromatic N) is 1. The van der Waals surface area contributed by atoms with Crippen molar-refractivity contribution in [1.82, 2.24) is 4.90 Å². The molecule has 8 heteroatoms. The second kappa shape index (κ2) is 5.12. The molecule has 0 aromatic heterocycles. The number of hydrogen-bond donors (Lipinski definition) is 2. The third-order valence-electron chi connectivity index (χ3n) is 3.30. The first kappa shape index (κ1) is 14.3. The predicted octanol–water partition coefficient (Wildman–Crippen LogP) is 0.666. The number of carboxylic acids is 1. The number of aliphatic carboxylic acids is 1. The van der Waals surface area contributed by atoms with Gasteiger partial charge in [0.05, 0.1) is 10.1 Å². The van der Waals surface area contributed by atoms with Gasteiger partial charge in [-0.3, -0.25) is 4.90 Å². The molecule has 1 heterocycles. The van der Waals surface area contributed by atoms with Crippen LogP contribution in [0.1, 0.15) is 6.42 Å². The van der Waals surface area contributed by atoms with Crippen LogP contribution in [0.5, 0.6) is 0 Å². The molecular formula is C12H13NO6S. The van der Waals surface area contributed by atoms with Gasteiger partial charge >= 0.3 is 12.1 Å². The number of carbonyl (C=O) groups is 2. The maximum Gasteiger partial charge on any atom is 0.408 e. The Bertz CT molecular complexity index is 605. The van der Waals surface area contributed by atoms with E-state index in [1.54, 1.807) is 18.2 Å². The summed E-state index contributed by atoms with van der Waals surface area (Å²) in [5, 5.41) is 16.9. The monoisotopic (exact) mass is 299 g/mol. The van der Waals surface area contributed by atoms with Gasteiger partial charge in [0.2, 0.25) is 0 Å². The highest BCUT2D eigenvalue weighted by Gasteiger charge is 2.45. The summed E-state index contributed by atoms with van der Waals surface area (Å²) < 4.78 is 24.7. The summed E-state index contributed by atoms with van der Waals surface area (Å²) in [5.74, 6) is -1.34. The maximum absolute atomic E-state index is 12.4. The van der Waals surface area contributed by atoms with Gasteiger partial charge in [-0.2, -0.15) is 0 Å². The Labute approximate surface area is 115 Å². The van der Waals surface area contributed by atoms with E-state index in [4.69, 9.17) is 10.2 Å². The summed E-state index contributed by atoms with van der Waals surface area (Å²) in [5.41, 5.74) is 0. The van der Waals surface area contributed by atoms with Gasteiger partial charge in [0.15, 0.2) is 9.84 Å². The van der Waals surface area contributed by atoms with E-state index in [2.05, 4.69) is 0 Å². The van der Waals surface area contributed by atoms with E-state index < -0.39 is 33.2 Å². The molecule has 2 N–H and O–H groups in total. The molecule has 1 amide bonds. The van der Waals surface area contributed by atoms with Gasteiger partial charge in [0.25, 0.3) is 0 Å². The molecule has 1 aliphatic heterocycles. The largest absolute Gasteiger partial charge is 0.480 e. The zero-order chi connectivity index (χ0) is 14.9. The van der Waals surface area contributed by atoms with Crippen molar-refractivity contribution < 1.29 is 28.2 Å².